The Morgan fingerprint density at radius 3 is 2.56 bits per heavy atom. The number of nitrogens with one attached hydrogen (secondary N) is 3. The first kappa shape index (κ1) is 41.2. The molecule has 2 aromatic heterocycles. The number of aliphatic carboxylic acids is 1. The molecule has 2 aliphatic heterocycles. The van der Waals surface area contributed by atoms with E-state index in [1.807, 2.05) is 37.4 Å². The van der Waals surface area contributed by atoms with Crippen molar-refractivity contribution < 1.29 is 38.5 Å². The maximum absolute atomic E-state index is 14.5. The quantitative estimate of drug-likeness (QED) is 0.182. The molecule has 1 fully saturated rings. The summed E-state index contributed by atoms with van der Waals surface area (Å²) in [7, 11) is 1.57. The molecule has 0 aliphatic carbocycles. The number of anilines is 1. The summed E-state index contributed by atoms with van der Waals surface area (Å²) in [4.78, 5) is 65.5. The Labute approximate surface area is 326 Å². The van der Waals surface area contributed by atoms with E-state index in [2.05, 4.69) is 16.0 Å². The number of carboxylic acid groups (broad SMARTS) is 1. The van der Waals surface area contributed by atoms with Gasteiger partial charge in [-0.25, -0.2) is 19.6 Å². The molecule has 4 heterocycles. The van der Waals surface area contributed by atoms with Crippen molar-refractivity contribution in [2.45, 2.75) is 122 Å². The second kappa shape index (κ2) is 17.3. The van der Waals surface area contributed by atoms with E-state index in [1.165, 1.54) is 23.2 Å². The molecule has 0 spiro atoms. The van der Waals surface area contributed by atoms with Crippen LogP contribution in [0.1, 0.15) is 87.0 Å². The molecule has 5 rings (SSSR count). The maximum Gasteiger partial charge on any atom is 0.408 e. The number of alkyl carbamates (subject to hydrolysis) is 1. The maximum atomic E-state index is 14.5. The average Bonchev–Trinajstić information content (AvgIpc) is 3.75. The van der Waals surface area contributed by atoms with E-state index in [1.54, 1.807) is 53.0 Å². The van der Waals surface area contributed by atoms with Crippen LogP contribution in [0.15, 0.2) is 41.8 Å². The molecular formula is C40H54N6O8S. The average molecular weight is 779 g/mol. The van der Waals surface area contributed by atoms with E-state index in [0.29, 0.717) is 53.1 Å². The number of allylic oxidation sites excluding steroid dienone is 1. The molecule has 1 saturated heterocycles. The van der Waals surface area contributed by atoms with E-state index < -0.39 is 59.1 Å². The van der Waals surface area contributed by atoms with Crippen LogP contribution in [0.5, 0.6) is 11.5 Å². The molecule has 3 amide bonds. The number of nitrogens with zero attached hydrogens (tertiary/aromatic N) is 3. The zero-order valence-corrected chi connectivity index (χ0v) is 33.7. The summed E-state index contributed by atoms with van der Waals surface area (Å²) in [6.07, 6.45) is 5.61. The van der Waals surface area contributed by atoms with Crippen molar-refractivity contribution in [3.8, 4) is 22.9 Å². The van der Waals surface area contributed by atoms with Crippen LogP contribution in [0, 0.1) is 5.92 Å². The van der Waals surface area contributed by atoms with E-state index in [0.717, 1.165) is 18.0 Å². The topological polar surface area (TPSA) is 181 Å². The normalized spacial score (nSPS) is 24.6. The molecule has 1 unspecified atom stereocenters. The van der Waals surface area contributed by atoms with Crippen LogP contribution in [0.4, 0.5) is 9.93 Å². The SMILES string of the molecule is COc1ccc2c(O[C@@H]3C[C@H]4C(=O)N[C@@](C)(C(=O)O)C(C)/C=C\CCCCC[C@H](NC(=O)OC(C)(C)C)C(=O)N4C3)cc(-c3csc(NC(C)C)n3)nc2c1. The lowest BCUT2D eigenvalue weighted by Gasteiger charge is -2.34. The van der Waals surface area contributed by atoms with Gasteiger partial charge in [0.25, 0.3) is 0 Å². The number of aromatic nitrogens is 2. The molecule has 5 atom stereocenters. The number of carboxylic acids is 1. The van der Waals surface area contributed by atoms with Gasteiger partial charge < -0.3 is 40.2 Å². The zero-order valence-electron chi connectivity index (χ0n) is 32.9. The number of methoxy groups -OCH3 is 1. The molecule has 0 bridgehead atoms. The van der Waals surface area contributed by atoms with Gasteiger partial charge >= 0.3 is 12.1 Å². The minimum Gasteiger partial charge on any atom is -0.497 e. The second-order valence-corrected chi connectivity index (χ2v) is 16.6. The van der Waals surface area contributed by atoms with Gasteiger partial charge in [-0.2, -0.15) is 0 Å². The molecular weight excluding hydrogens is 725 g/mol. The van der Waals surface area contributed by atoms with Crippen LogP contribution in [0.2, 0.25) is 0 Å². The third-order valence-corrected chi connectivity index (χ3v) is 10.6. The fourth-order valence-electron chi connectivity index (χ4n) is 6.68. The first-order valence-electron chi connectivity index (χ1n) is 18.9. The number of amides is 3. The van der Waals surface area contributed by atoms with Crippen molar-refractivity contribution in [3.63, 3.8) is 0 Å². The highest BCUT2D eigenvalue weighted by Crippen LogP contribution is 2.36. The number of ether oxygens (including phenoxy) is 3. The van der Waals surface area contributed by atoms with Crippen LogP contribution in [0.3, 0.4) is 0 Å². The summed E-state index contributed by atoms with van der Waals surface area (Å²) in [6.45, 7) is 12.5. The van der Waals surface area contributed by atoms with Gasteiger partial charge in [0.05, 0.1) is 24.9 Å². The molecule has 55 heavy (non-hydrogen) atoms. The lowest BCUT2D eigenvalue weighted by molar-refractivity contribution is -0.150. The highest BCUT2D eigenvalue weighted by atomic mass is 32.1. The Morgan fingerprint density at radius 2 is 1.87 bits per heavy atom. The lowest BCUT2D eigenvalue weighted by Crippen LogP contribution is -2.61. The van der Waals surface area contributed by atoms with Gasteiger partial charge in [-0.05, 0) is 72.9 Å². The number of hydrogen-bond donors (Lipinski definition) is 4. The van der Waals surface area contributed by atoms with Crippen LogP contribution >= 0.6 is 11.3 Å². The van der Waals surface area contributed by atoms with E-state index in [9.17, 15) is 24.3 Å². The smallest absolute Gasteiger partial charge is 0.408 e. The first-order chi connectivity index (χ1) is 26.0. The van der Waals surface area contributed by atoms with Gasteiger partial charge in [0.2, 0.25) is 11.8 Å². The van der Waals surface area contributed by atoms with Crippen molar-refractivity contribution in [2.75, 3.05) is 19.0 Å². The number of thiazole rings is 1. The monoisotopic (exact) mass is 778 g/mol. The van der Waals surface area contributed by atoms with Gasteiger partial charge in [0.1, 0.15) is 46.5 Å². The van der Waals surface area contributed by atoms with E-state index >= 15 is 0 Å². The summed E-state index contributed by atoms with van der Waals surface area (Å²) in [6, 6.07) is 5.33. The van der Waals surface area contributed by atoms with Crippen molar-refractivity contribution in [3.05, 3.63) is 41.8 Å². The van der Waals surface area contributed by atoms with Gasteiger partial charge in [-0.15, -0.1) is 11.3 Å². The molecule has 14 nitrogen and oxygen atoms in total. The number of carbonyl (C=O) groups is 4. The van der Waals surface area contributed by atoms with Crippen molar-refractivity contribution >= 4 is 51.2 Å². The van der Waals surface area contributed by atoms with Gasteiger partial charge in [-0.3, -0.25) is 9.59 Å². The molecule has 1 aromatic carbocycles. The van der Waals surface area contributed by atoms with E-state index in [4.69, 9.17) is 24.2 Å². The van der Waals surface area contributed by atoms with E-state index in [-0.39, 0.29) is 19.0 Å². The summed E-state index contributed by atoms with van der Waals surface area (Å²) < 4.78 is 17.7. The second-order valence-electron chi connectivity index (χ2n) is 15.8. The Bertz CT molecular complexity index is 1910. The number of benzene rings is 1. The zero-order chi connectivity index (χ0) is 40.1. The predicted molar refractivity (Wildman–Crippen MR) is 211 cm³/mol. The number of hydrogen-bond acceptors (Lipinski definition) is 11. The van der Waals surface area contributed by atoms with Gasteiger partial charge in [-0.1, -0.05) is 31.9 Å². The number of carbonyl (C=O) groups excluding carboxylic acids is 3. The molecule has 3 aromatic rings. The Morgan fingerprint density at radius 1 is 1.11 bits per heavy atom. The summed E-state index contributed by atoms with van der Waals surface area (Å²) in [5.41, 5.74) is -0.662. The predicted octanol–water partition coefficient (Wildman–Crippen LogP) is 6.54. The minimum atomic E-state index is -1.67. The van der Waals surface area contributed by atoms with Gasteiger partial charge in [0, 0.05) is 41.3 Å². The summed E-state index contributed by atoms with van der Waals surface area (Å²) in [5, 5.41) is 22.6. The molecule has 4 N–H and O–H groups in total. The van der Waals surface area contributed by atoms with Crippen molar-refractivity contribution in [1.29, 1.82) is 0 Å². The Hall–Kier alpha value is -4.92. The third-order valence-electron chi connectivity index (χ3n) is 9.82. The van der Waals surface area contributed by atoms with Gasteiger partial charge in [0.15, 0.2) is 5.13 Å². The Kier molecular flexibility index (Phi) is 12.9. The molecule has 0 saturated carbocycles. The molecule has 0 radical (unpaired) electrons. The largest absolute Gasteiger partial charge is 0.497 e. The number of fused-ring (bicyclic) bond motifs is 2. The Balaban J connectivity index is 1.53. The highest BCUT2D eigenvalue weighted by molar-refractivity contribution is 7.14. The van der Waals surface area contributed by atoms with Crippen LogP contribution in [-0.2, 0) is 19.1 Å². The van der Waals surface area contributed by atoms with Crippen molar-refractivity contribution in [2.24, 2.45) is 5.92 Å². The van der Waals surface area contributed by atoms with Crippen LogP contribution in [-0.4, -0.2) is 92.9 Å². The summed E-state index contributed by atoms with van der Waals surface area (Å²) in [5.74, 6) is -1.80. The fourth-order valence-corrected chi connectivity index (χ4v) is 7.53. The number of rotatable bonds is 8. The minimum absolute atomic E-state index is 0.00285. The van der Waals surface area contributed by atoms with Crippen LogP contribution in [0.25, 0.3) is 22.3 Å². The van der Waals surface area contributed by atoms with Crippen LogP contribution < -0.4 is 25.4 Å². The van der Waals surface area contributed by atoms with Crippen molar-refractivity contribution in [1.82, 2.24) is 25.5 Å². The highest BCUT2D eigenvalue weighted by Gasteiger charge is 2.47. The first-order valence-corrected chi connectivity index (χ1v) is 19.7. The fraction of sp³-hybridized carbons (Fsp3) is 0.550. The number of pyridine rings is 1. The molecule has 15 heteroatoms. The summed E-state index contributed by atoms with van der Waals surface area (Å²) >= 11 is 1.46. The molecule has 298 valence electrons. The lowest BCUT2D eigenvalue weighted by atomic mass is 9.86. The standard InChI is InChI=1S/C40H54N6O8S/c1-23(2)41-37-43-31(22-55-37)30-20-33(27-17-16-25(52-8)18-29(27)42-30)53-26-19-32-34(47)45-40(7,36(49)50)24(3)14-12-10-9-11-13-15-28(35(48)46(32)21-26)44-38(51)54-39(4,5)6/h12,14,16-18,20,22-24,26,28,32H,9-11,13,15,19,21H2,1-8H3,(H,41,43)(H,44,51)(H,45,47)(H,49,50)/b14-12-/t24?,26-,28+,32+,40-/m1/s1. The third kappa shape index (κ3) is 10.2. The molecule has 2 aliphatic rings.